The van der Waals surface area contributed by atoms with Gasteiger partial charge in [-0.1, -0.05) is 32.0 Å². The fourth-order valence-corrected chi connectivity index (χ4v) is 3.46. The van der Waals surface area contributed by atoms with Gasteiger partial charge in [0.05, 0.1) is 11.4 Å². The second kappa shape index (κ2) is 12.2. The average molecular weight is 456 g/mol. The number of nitrogens with zero attached hydrogens (tertiary/aromatic N) is 3. The Labute approximate surface area is 197 Å². The molecule has 8 heteroatoms. The van der Waals surface area contributed by atoms with Crippen LogP contribution < -0.4 is 16.0 Å². The number of nitrogens with one attached hydrogen (secondary N) is 1. The molecule has 0 atom stereocenters. The molecular weight excluding hydrogens is 418 g/mol. The van der Waals surface area contributed by atoms with Crippen LogP contribution in [0.4, 0.5) is 16.2 Å². The Hall–Kier alpha value is -3.13. The van der Waals surface area contributed by atoms with Gasteiger partial charge in [-0.05, 0) is 70.6 Å². The Morgan fingerprint density at radius 3 is 2.33 bits per heavy atom. The summed E-state index contributed by atoms with van der Waals surface area (Å²) in [5.74, 6) is -0.551. The minimum Gasteiger partial charge on any atom is -0.444 e. The van der Waals surface area contributed by atoms with E-state index < -0.39 is 17.6 Å². The molecule has 0 spiro atoms. The van der Waals surface area contributed by atoms with E-state index in [2.05, 4.69) is 33.9 Å². The van der Waals surface area contributed by atoms with Crippen molar-refractivity contribution in [3.05, 3.63) is 53.9 Å². The van der Waals surface area contributed by atoms with Crippen molar-refractivity contribution >= 4 is 23.4 Å². The van der Waals surface area contributed by atoms with Crippen molar-refractivity contribution in [2.75, 3.05) is 36.4 Å². The fraction of sp³-hybridized carbons (Fsp3) is 0.480. The van der Waals surface area contributed by atoms with Crippen LogP contribution in [0, 0.1) is 0 Å². The van der Waals surface area contributed by atoms with Crippen LogP contribution in [0.25, 0.3) is 0 Å². The number of hydrogen-bond acceptors (Lipinski definition) is 6. The highest BCUT2D eigenvalue weighted by Gasteiger charge is 2.19. The maximum atomic E-state index is 12.4. The molecule has 1 aromatic carbocycles. The zero-order valence-electron chi connectivity index (χ0n) is 20.4. The highest BCUT2D eigenvalue weighted by Crippen LogP contribution is 2.28. The third-order valence-corrected chi connectivity index (χ3v) is 5.13. The second-order valence-electron chi connectivity index (χ2n) is 8.86. The van der Waals surface area contributed by atoms with Crippen LogP contribution in [0.3, 0.4) is 0 Å². The van der Waals surface area contributed by atoms with Gasteiger partial charge in [0.2, 0.25) is 0 Å². The molecule has 2 aromatic rings. The lowest BCUT2D eigenvalue weighted by atomic mass is 10.1. The number of amides is 2. The second-order valence-corrected chi connectivity index (χ2v) is 8.86. The number of pyridine rings is 1. The molecule has 0 unspecified atom stereocenters. The first-order valence-electron chi connectivity index (χ1n) is 11.4. The molecule has 1 aromatic heterocycles. The Morgan fingerprint density at radius 1 is 1.06 bits per heavy atom. The van der Waals surface area contributed by atoms with E-state index >= 15 is 0 Å². The molecule has 0 aliphatic heterocycles. The number of aromatic nitrogens is 1. The van der Waals surface area contributed by atoms with Gasteiger partial charge in [-0.25, -0.2) is 4.79 Å². The van der Waals surface area contributed by atoms with E-state index in [1.807, 2.05) is 51.1 Å². The Morgan fingerprint density at radius 2 is 1.76 bits per heavy atom. The summed E-state index contributed by atoms with van der Waals surface area (Å²) in [4.78, 5) is 32.5. The smallest absolute Gasteiger partial charge is 0.412 e. The van der Waals surface area contributed by atoms with Crippen LogP contribution in [-0.4, -0.2) is 53.7 Å². The molecule has 0 bridgehead atoms. The van der Waals surface area contributed by atoms with E-state index in [9.17, 15) is 9.59 Å². The molecule has 2 rings (SSSR count). The zero-order valence-corrected chi connectivity index (χ0v) is 20.4. The highest BCUT2D eigenvalue weighted by molar-refractivity contribution is 5.91. The van der Waals surface area contributed by atoms with E-state index in [-0.39, 0.29) is 5.69 Å². The summed E-state index contributed by atoms with van der Waals surface area (Å²) >= 11 is 0. The number of rotatable bonds is 11. The molecular formula is C25H37N5O3. The van der Waals surface area contributed by atoms with E-state index in [1.165, 1.54) is 0 Å². The first-order chi connectivity index (χ1) is 15.6. The molecule has 0 fully saturated rings. The van der Waals surface area contributed by atoms with Crippen LogP contribution in [-0.2, 0) is 11.3 Å². The summed E-state index contributed by atoms with van der Waals surface area (Å²) in [6.45, 7) is 14.2. The molecule has 0 radical (unpaired) electrons. The molecule has 2 amide bonds. The maximum absolute atomic E-state index is 12.4. The van der Waals surface area contributed by atoms with Crippen LogP contribution in [0.2, 0.25) is 0 Å². The maximum Gasteiger partial charge on any atom is 0.412 e. The Balaban J connectivity index is 2.26. The van der Waals surface area contributed by atoms with Crippen LogP contribution in [0.5, 0.6) is 0 Å². The van der Waals surface area contributed by atoms with Crippen LogP contribution >= 0.6 is 0 Å². The van der Waals surface area contributed by atoms with Crippen molar-refractivity contribution in [2.45, 2.75) is 53.2 Å². The van der Waals surface area contributed by atoms with Crippen molar-refractivity contribution in [3.8, 4) is 0 Å². The molecule has 1 heterocycles. The molecule has 0 saturated carbocycles. The van der Waals surface area contributed by atoms with Crippen LogP contribution in [0.1, 0.15) is 57.1 Å². The standard InChI is InChI=1S/C25H37N5O3/c1-6-29(7-2)15-10-16-30(18-19-13-14-21(23(26)31)27-17-19)22-12-9-8-11-20(22)28-24(32)33-25(3,4)5/h8-9,11-14,17H,6-7,10,15-16,18H2,1-5H3,(H2,26,31)(H,28,32). The summed E-state index contributed by atoms with van der Waals surface area (Å²) in [5.41, 5.74) is 7.47. The van der Waals surface area contributed by atoms with Gasteiger partial charge in [-0.2, -0.15) is 0 Å². The first-order valence-corrected chi connectivity index (χ1v) is 11.4. The SMILES string of the molecule is CCN(CC)CCCN(Cc1ccc(C(N)=O)nc1)c1ccccc1NC(=O)OC(C)(C)C. The number of carbonyl (C=O) groups is 2. The van der Waals surface area contributed by atoms with E-state index in [0.29, 0.717) is 12.2 Å². The quantitative estimate of drug-likeness (QED) is 0.525. The van der Waals surface area contributed by atoms with E-state index in [1.54, 1.807) is 12.3 Å². The summed E-state index contributed by atoms with van der Waals surface area (Å²) < 4.78 is 5.44. The molecule has 0 saturated heterocycles. The van der Waals surface area contributed by atoms with Crippen molar-refractivity contribution in [1.29, 1.82) is 0 Å². The monoisotopic (exact) mass is 455 g/mol. The number of primary amides is 1. The van der Waals surface area contributed by atoms with E-state index in [0.717, 1.165) is 43.9 Å². The van der Waals surface area contributed by atoms with Crippen LogP contribution in [0.15, 0.2) is 42.6 Å². The van der Waals surface area contributed by atoms with Crippen molar-refractivity contribution in [2.24, 2.45) is 5.73 Å². The lowest BCUT2D eigenvalue weighted by molar-refractivity contribution is 0.0635. The number of benzene rings is 1. The predicted molar refractivity (Wildman–Crippen MR) is 133 cm³/mol. The van der Waals surface area contributed by atoms with Gasteiger partial charge in [0, 0.05) is 19.3 Å². The number of hydrogen-bond donors (Lipinski definition) is 2. The number of ether oxygens (including phenoxy) is 1. The van der Waals surface area contributed by atoms with Crippen molar-refractivity contribution in [1.82, 2.24) is 9.88 Å². The molecule has 0 aliphatic carbocycles. The average Bonchev–Trinajstić information content (AvgIpc) is 2.75. The largest absolute Gasteiger partial charge is 0.444 e. The van der Waals surface area contributed by atoms with Crippen molar-refractivity contribution in [3.63, 3.8) is 0 Å². The van der Waals surface area contributed by atoms with Gasteiger partial charge in [-0.3, -0.25) is 15.1 Å². The summed E-state index contributed by atoms with van der Waals surface area (Å²) in [5, 5.41) is 2.89. The fourth-order valence-electron chi connectivity index (χ4n) is 3.46. The molecule has 33 heavy (non-hydrogen) atoms. The normalized spacial score (nSPS) is 11.3. The third-order valence-electron chi connectivity index (χ3n) is 5.13. The summed E-state index contributed by atoms with van der Waals surface area (Å²) in [6, 6.07) is 11.2. The Kier molecular flexibility index (Phi) is 9.66. The van der Waals surface area contributed by atoms with E-state index in [4.69, 9.17) is 10.5 Å². The number of para-hydroxylation sites is 2. The van der Waals surface area contributed by atoms with Gasteiger partial charge in [-0.15, -0.1) is 0 Å². The minimum absolute atomic E-state index is 0.235. The zero-order chi connectivity index (χ0) is 24.4. The van der Waals surface area contributed by atoms with Gasteiger partial charge in [0.15, 0.2) is 0 Å². The topological polar surface area (TPSA) is 101 Å². The van der Waals surface area contributed by atoms with Gasteiger partial charge in [0.1, 0.15) is 11.3 Å². The summed E-state index contributed by atoms with van der Waals surface area (Å²) in [7, 11) is 0. The molecule has 8 nitrogen and oxygen atoms in total. The Bertz CT molecular complexity index is 905. The highest BCUT2D eigenvalue weighted by atomic mass is 16.6. The van der Waals surface area contributed by atoms with Crippen molar-refractivity contribution < 1.29 is 14.3 Å². The first kappa shape index (κ1) is 26.1. The molecule has 0 aliphatic rings. The van der Waals surface area contributed by atoms with Gasteiger partial charge >= 0.3 is 6.09 Å². The lowest BCUT2D eigenvalue weighted by Crippen LogP contribution is -2.31. The lowest BCUT2D eigenvalue weighted by Gasteiger charge is -2.29. The number of anilines is 2. The third kappa shape index (κ3) is 8.73. The van der Waals surface area contributed by atoms with Gasteiger partial charge in [0.25, 0.3) is 5.91 Å². The number of nitrogens with two attached hydrogens (primary N) is 1. The summed E-state index contributed by atoms with van der Waals surface area (Å²) in [6.07, 6.45) is 2.13. The molecule has 3 N–H and O–H groups in total. The molecule has 180 valence electrons. The van der Waals surface area contributed by atoms with Gasteiger partial charge < -0.3 is 20.3 Å². The minimum atomic E-state index is -0.587. The predicted octanol–water partition coefficient (Wildman–Crippen LogP) is 4.27. The number of carbonyl (C=O) groups excluding carboxylic acids is 2.